The van der Waals surface area contributed by atoms with Gasteiger partial charge in [-0.15, -0.1) is 0 Å². The Morgan fingerprint density at radius 3 is 2.56 bits per heavy atom. The van der Waals surface area contributed by atoms with Gasteiger partial charge in [0.15, 0.2) is 0 Å². The highest BCUT2D eigenvalue weighted by Crippen LogP contribution is 2.26. The molecular weight excluding hydrogens is 200 g/mol. The fourth-order valence-electron chi connectivity index (χ4n) is 1.93. The van der Waals surface area contributed by atoms with Crippen LogP contribution in [0.4, 0.5) is 0 Å². The summed E-state index contributed by atoms with van der Waals surface area (Å²) in [5.74, 6) is -0.266. The van der Waals surface area contributed by atoms with E-state index in [1.807, 2.05) is 24.3 Å². The van der Waals surface area contributed by atoms with Crippen LogP contribution >= 0.6 is 0 Å². The monoisotopic (exact) mass is 210 g/mol. The lowest BCUT2D eigenvalue weighted by molar-refractivity contribution is -0.138. The number of esters is 1. The molecule has 1 aliphatic rings. The molecule has 3 rings (SSSR count). The molecule has 0 spiro atoms. The molecule has 1 heterocycles. The molecule has 0 saturated heterocycles. The smallest absolute Gasteiger partial charge is 0.331 e. The number of carbonyl (C=O) groups is 1. The zero-order chi connectivity index (χ0) is 11.0. The van der Waals surface area contributed by atoms with E-state index in [-0.39, 0.29) is 12.1 Å². The summed E-state index contributed by atoms with van der Waals surface area (Å²) in [5, 5.41) is 2.36. The maximum atomic E-state index is 11.0. The number of hydrogen-bond donors (Lipinski definition) is 0. The second kappa shape index (κ2) is 3.49. The fourth-order valence-corrected chi connectivity index (χ4v) is 1.93. The summed E-state index contributed by atoms with van der Waals surface area (Å²) in [5.41, 5.74) is 1.01. The summed E-state index contributed by atoms with van der Waals surface area (Å²) in [4.78, 5) is 11.0. The third kappa shape index (κ3) is 1.48. The van der Waals surface area contributed by atoms with Crippen LogP contribution in [-0.2, 0) is 9.53 Å². The molecule has 0 fully saturated rings. The normalized spacial score (nSPS) is 19.0. The molecule has 16 heavy (non-hydrogen) atoms. The topological polar surface area (TPSA) is 26.3 Å². The average molecular weight is 210 g/mol. The van der Waals surface area contributed by atoms with Crippen LogP contribution in [0.25, 0.3) is 10.8 Å². The maximum absolute atomic E-state index is 11.0. The van der Waals surface area contributed by atoms with Gasteiger partial charge in [0.25, 0.3) is 0 Å². The third-order valence-corrected chi connectivity index (χ3v) is 2.75. The van der Waals surface area contributed by atoms with Crippen molar-refractivity contribution in [2.45, 2.75) is 6.10 Å². The molecule has 2 nitrogen and oxygen atoms in total. The van der Waals surface area contributed by atoms with Crippen LogP contribution in [0.1, 0.15) is 11.7 Å². The number of fused-ring (bicyclic) bond motifs is 1. The lowest BCUT2D eigenvalue weighted by Gasteiger charge is -2.09. The standard InChI is InChI=1S/C14H10O2/c15-14-8-7-13(16-14)12-6-5-10-3-1-2-4-11(10)9-12/h1-9,13H. The van der Waals surface area contributed by atoms with Crippen molar-refractivity contribution in [3.63, 3.8) is 0 Å². The van der Waals surface area contributed by atoms with Gasteiger partial charge >= 0.3 is 5.97 Å². The van der Waals surface area contributed by atoms with E-state index in [0.717, 1.165) is 10.9 Å². The van der Waals surface area contributed by atoms with Crippen molar-refractivity contribution in [3.8, 4) is 0 Å². The summed E-state index contributed by atoms with van der Waals surface area (Å²) in [6.07, 6.45) is 3.03. The fraction of sp³-hybridized carbons (Fsp3) is 0.0714. The van der Waals surface area contributed by atoms with Gasteiger partial charge in [0.2, 0.25) is 0 Å². The van der Waals surface area contributed by atoms with E-state index in [4.69, 9.17) is 4.74 Å². The molecule has 2 aromatic carbocycles. The highest BCUT2D eigenvalue weighted by molar-refractivity contribution is 5.86. The Kier molecular flexibility index (Phi) is 2.00. The Morgan fingerprint density at radius 1 is 1.00 bits per heavy atom. The van der Waals surface area contributed by atoms with Crippen molar-refractivity contribution in [1.29, 1.82) is 0 Å². The first-order chi connectivity index (χ1) is 7.83. The Morgan fingerprint density at radius 2 is 1.81 bits per heavy atom. The molecular formula is C14H10O2. The lowest BCUT2D eigenvalue weighted by atomic mass is 10.0. The Balaban J connectivity index is 2.05. The summed E-state index contributed by atoms with van der Waals surface area (Å²) < 4.78 is 5.15. The zero-order valence-electron chi connectivity index (χ0n) is 8.59. The highest BCUT2D eigenvalue weighted by Gasteiger charge is 2.18. The van der Waals surface area contributed by atoms with Gasteiger partial charge in [0.05, 0.1) is 0 Å². The molecule has 0 N–H and O–H groups in total. The first-order valence-electron chi connectivity index (χ1n) is 5.20. The summed E-state index contributed by atoms with van der Waals surface area (Å²) in [6, 6.07) is 14.2. The van der Waals surface area contributed by atoms with Crippen molar-refractivity contribution >= 4 is 16.7 Å². The Bertz CT molecular complexity index is 584. The first kappa shape index (κ1) is 9.16. The quantitative estimate of drug-likeness (QED) is 0.676. The van der Waals surface area contributed by atoms with Gasteiger partial charge in [-0.05, 0) is 28.5 Å². The predicted octanol–water partition coefficient (Wildman–Crippen LogP) is 2.99. The van der Waals surface area contributed by atoms with Crippen molar-refractivity contribution in [1.82, 2.24) is 0 Å². The zero-order valence-corrected chi connectivity index (χ0v) is 8.59. The number of hydrogen-bond acceptors (Lipinski definition) is 2. The van der Waals surface area contributed by atoms with Gasteiger partial charge in [0, 0.05) is 6.08 Å². The number of carbonyl (C=O) groups excluding carboxylic acids is 1. The molecule has 2 aromatic rings. The van der Waals surface area contributed by atoms with Crippen LogP contribution in [-0.4, -0.2) is 5.97 Å². The van der Waals surface area contributed by atoms with Gasteiger partial charge < -0.3 is 4.74 Å². The first-order valence-corrected chi connectivity index (χ1v) is 5.20. The molecule has 0 aliphatic carbocycles. The van der Waals surface area contributed by atoms with E-state index in [1.54, 1.807) is 6.08 Å². The Labute approximate surface area is 93.2 Å². The molecule has 0 aromatic heterocycles. The molecule has 0 radical (unpaired) electrons. The molecule has 0 bridgehead atoms. The number of benzene rings is 2. The molecule has 1 atom stereocenters. The molecule has 1 unspecified atom stereocenters. The van der Waals surface area contributed by atoms with E-state index >= 15 is 0 Å². The summed E-state index contributed by atoms with van der Waals surface area (Å²) in [6.45, 7) is 0. The third-order valence-electron chi connectivity index (χ3n) is 2.75. The molecule has 2 heteroatoms. The molecule has 1 aliphatic heterocycles. The predicted molar refractivity (Wildman–Crippen MR) is 61.9 cm³/mol. The van der Waals surface area contributed by atoms with E-state index in [1.165, 1.54) is 11.5 Å². The number of ether oxygens (including phenoxy) is 1. The van der Waals surface area contributed by atoms with Gasteiger partial charge in [0.1, 0.15) is 6.10 Å². The van der Waals surface area contributed by atoms with Crippen LogP contribution in [0.2, 0.25) is 0 Å². The minimum Gasteiger partial charge on any atom is -0.450 e. The van der Waals surface area contributed by atoms with Gasteiger partial charge in [-0.3, -0.25) is 0 Å². The Hall–Kier alpha value is -2.09. The second-order valence-corrected chi connectivity index (χ2v) is 3.82. The van der Waals surface area contributed by atoms with Crippen molar-refractivity contribution in [2.24, 2.45) is 0 Å². The van der Waals surface area contributed by atoms with E-state index in [0.29, 0.717) is 0 Å². The van der Waals surface area contributed by atoms with Crippen LogP contribution < -0.4 is 0 Å². The maximum Gasteiger partial charge on any atom is 0.331 e. The average Bonchev–Trinajstić information content (AvgIpc) is 2.75. The van der Waals surface area contributed by atoms with Crippen molar-refractivity contribution in [2.75, 3.05) is 0 Å². The van der Waals surface area contributed by atoms with Crippen LogP contribution in [0.3, 0.4) is 0 Å². The summed E-state index contributed by atoms with van der Waals surface area (Å²) in [7, 11) is 0. The van der Waals surface area contributed by atoms with Gasteiger partial charge in [-0.2, -0.15) is 0 Å². The van der Waals surface area contributed by atoms with Crippen molar-refractivity contribution in [3.05, 3.63) is 60.2 Å². The minimum absolute atomic E-state index is 0.225. The SMILES string of the molecule is O=C1C=CC(c2ccc3ccccc3c2)O1. The van der Waals surface area contributed by atoms with Crippen LogP contribution in [0.5, 0.6) is 0 Å². The molecule has 78 valence electrons. The van der Waals surface area contributed by atoms with E-state index in [9.17, 15) is 4.79 Å². The summed E-state index contributed by atoms with van der Waals surface area (Å²) >= 11 is 0. The van der Waals surface area contributed by atoms with Crippen LogP contribution in [0, 0.1) is 0 Å². The number of rotatable bonds is 1. The van der Waals surface area contributed by atoms with E-state index < -0.39 is 0 Å². The second-order valence-electron chi connectivity index (χ2n) is 3.82. The number of cyclic esters (lactones) is 1. The van der Waals surface area contributed by atoms with Crippen molar-refractivity contribution < 1.29 is 9.53 Å². The van der Waals surface area contributed by atoms with Gasteiger partial charge in [-0.1, -0.05) is 36.4 Å². The van der Waals surface area contributed by atoms with Crippen LogP contribution in [0.15, 0.2) is 54.6 Å². The molecule has 0 saturated carbocycles. The highest BCUT2D eigenvalue weighted by atomic mass is 16.5. The minimum atomic E-state index is -0.266. The lowest BCUT2D eigenvalue weighted by Crippen LogP contribution is -1.99. The van der Waals surface area contributed by atoms with E-state index in [2.05, 4.69) is 18.2 Å². The largest absolute Gasteiger partial charge is 0.450 e. The van der Waals surface area contributed by atoms with Gasteiger partial charge in [-0.25, -0.2) is 4.79 Å². The molecule has 0 amide bonds.